The van der Waals surface area contributed by atoms with Crippen LogP contribution < -0.4 is 4.74 Å². The van der Waals surface area contributed by atoms with Gasteiger partial charge in [-0.25, -0.2) is 0 Å². The Labute approximate surface area is 110 Å². The van der Waals surface area contributed by atoms with E-state index < -0.39 is 11.0 Å². The quantitative estimate of drug-likeness (QED) is 0.629. The van der Waals surface area contributed by atoms with Crippen molar-refractivity contribution in [3.63, 3.8) is 0 Å². The number of ether oxygens (including phenoxy) is 1. The third-order valence-electron chi connectivity index (χ3n) is 2.13. The first-order valence-electron chi connectivity index (χ1n) is 5.29. The highest BCUT2D eigenvalue weighted by atomic mass is 35.5. The van der Waals surface area contributed by atoms with Gasteiger partial charge in [0.25, 0.3) is 5.69 Å². The Hall–Kier alpha value is -1.37. The second-order valence-corrected chi connectivity index (χ2v) is 4.51. The van der Waals surface area contributed by atoms with E-state index in [4.69, 9.17) is 16.3 Å². The van der Waals surface area contributed by atoms with Crippen LogP contribution in [0.4, 0.5) is 5.69 Å². The summed E-state index contributed by atoms with van der Waals surface area (Å²) >= 11 is 5.84. The maximum absolute atomic E-state index is 10.5. The zero-order valence-electron chi connectivity index (χ0n) is 10.2. The molecule has 1 aromatic carbocycles. The minimum atomic E-state index is -0.647. The Morgan fingerprint density at radius 1 is 1.56 bits per heavy atom. The van der Waals surface area contributed by atoms with Crippen LogP contribution in [0.5, 0.6) is 5.75 Å². The van der Waals surface area contributed by atoms with Gasteiger partial charge in [0.05, 0.1) is 9.95 Å². The zero-order chi connectivity index (χ0) is 13.7. The second-order valence-electron chi connectivity index (χ2n) is 4.10. The predicted molar refractivity (Wildman–Crippen MR) is 68.2 cm³/mol. The van der Waals surface area contributed by atoms with Crippen molar-refractivity contribution in [3.8, 4) is 5.75 Å². The number of non-ortho nitro benzene ring substituents is 1. The van der Waals surface area contributed by atoms with E-state index in [0.29, 0.717) is 12.3 Å². The predicted octanol–water partition coefficient (Wildman–Crippen LogP) is 1.55. The van der Waals surface area contributed by atoms with E-state index in [9.17, 15) is 15.2 Å². The minimum absolute atomic E-state index is 0.0791. The third kappa shape index (κ3) is 4.48. The molecule has 1 N–H and O–H groups in total. The van der Waals surface area contributed by atoms with Crippen molar-refractivity contribution in [1.29, 1.82) is 0 Å². The summed E-state index contributed by atoms with van der Waals surface area (Å²) in [5.41, 5.74) is -0.0961. The van der Waals surface area contributed by atoms with E-state index in [0.717, 1.165) is 0 Å². The lowest BCUT2D eigenvalue weighted by Gasteiger charge is -2.16. The number of rotatable bonds is 6. The van der Waals surface area contributed by atoms with Gasteiger partial charge in [0.2, 0.25) is 0 Å². The fourth-order valence-corrected chi connectivity index (χ4v) is 1.61. The zero-order valence-corrected chi connectivity index (χ0v) is 10.9. The molecule has 0 heterocycles. The van der Waals surface area contributed by atoms with Crippen LogP contribution in [-0.4, -0.2) is 48.3 Å². The number of nitro groups is 1. The maximum Gasteiger partial charge on any atom is 0.271 e. The summed E-state index contributed by atoms with van der Waals surface area (Å²) in [6.07, 6.45) is -0.647. The number of likely N-dealkylation sites (N-methyl/N-ethyl adjacent to an activating group) is 1. The van der Waals surface area contributed by atoms with Crippen molar-refractivity contribution < 1.29 is 14.8 Å². The van der Waals surface area contributed by atoms with Gasteiger partial charge < -0.3 is 14.7 Å². The summed E-state index contributed by atoms with van der Waals surface area (Å²) in [5, 5.41) is 20.3. The molecule has 0 bridgehead atoms. The highest BCUT2D eigenvalue weighted by molar-refractivity contribution is 6.32. The molecule has 18 heavy (non-hydrogen) atoms. The molecule has 0 aliphatic rings. The molecule has 0 saturated heterocycles. The van der Waals surface area contributed by atoms with Gasteiger partial charge in [0, 0.05) is 18.7 Å². The van der Waals surface area contributed by atoms with Crippen LogP contribution in [0.15, 0.2) is 18.2 Å². The lowest BCUT2D eigenvalue weighted by atomic mass is 10.3. The number of hydrogen-bond donors (Lipinski definition) is 1. The second kappa shape index (κ2) is 6.53. The van der Waals surface area contributed by atoms with Crippen LogP contribution in [-0.2, 0) is 0 Å². The van der Waals surface area contributed by atoms with E-state index in [1.54, 1.807) is 0 Å². The fraction of sp³-hybridized carbons (Fsp3) is 0.455. The molecule has 0 aromatic heterocycles. The Morgan fingerprint density at radius 2 is 2.22 bits per heavy atom. The van der Waals surface area contributed by atoms with Crippen LogP contribution >= 0.6 is 11.6 Å². The highest BCUT2D eigenvalue weighted by Crippen LogP contribution is 2.28. The number of nitro benzene ring substituents is 1. The van der Waals surface area contributed by atoms with E-state index >= 15 is 0 Å². The van der Waals surface area contributed by atoms with E-state index in [1.807, 2.05) is 19.0 Å². The molecule has 0 spiro atoms. The van der Waals surface area contributed by atoms with Crippen molar-refractivity contribution in [2.75, 3.05) is 27.2 Å². The largest absolute Gasteiger partial charge is 0.489 e. The van der Waals surface area contributed by atoms with Crippen LogP contribution in [0.25, 0.3) is 0 Å². The molecule has 1 aromatic rings. The summed E-state index contributed by atoms with van der Waals surface area (Å²) in [6, 6.07) is 3.94. The molecule has 0 radical (unpaired) electrons. The van der Waals surface area contributed by atoms with Gasteiger partial charge in [0.15, 0.2) is 0 Å². The van der Waals surface area contributed by atoms with Gasteiger partial charge in [0.1, 0.15) is 18.5 Å². The van der Waals surface area contributed by atoms with Crippen LogP contribution in [0.2, 0.25) is 5.02 Å². The van der Waals surface area contributed by atoms with Crippen molar-refractivity contribution >= 4 is 17.3 Å². The molecule has 0 amide bonds. The number of hydrogen-bond acceptors (Lipinski definition) is 5. The number of halogens is 1. The van der Waals surface area contributed by atoms with Gasteiger partial charge in [-0.2, -0.15) is 0 Å². The van der Waals surface area contributed by atoms with Gasteiger partial charge in [-0.1, -0.05) is 11.6 Å². The number of aliphatic hydroxyl groups excluding tert-OH is 1. The van der Waals surface area contributed by atoms with Crippen molar-refractivity contribution in [3.05, 3.63) is 33.3 Å². The standard InChI is InChI=1S/C11H15ClN2O4/c1-13(2)6-9(15)7-18-11-4-3-8(14(16)17)5-10(11)12/h3-5,9,15H,6-7H2,1-2H3. The van der Waals surface area contributed by atoms with Gasteiger partial charge >= 0.3 is 0 Å². The van der Waals surface area contributed by atoms with Crippen LogP contribution in [0.1, 0.15) is 0 Å². The summed E-state index contributed by atoms with van der Waals surface area (Å²) < 4.78 is 5.30. The third-order valence-corrected chi connectivity index (χ3v) is 2.43. The molecule has 1 rings (SSSR count). The first-order valence-corrected chi connectivity index (χ1v) is 5.67. The van der Waals surface area contributed by atoms with E-state index in [-0.39, 0.29) is 17.3 Å². The molecule has 1 unspecified atom stereocenters. The lowest BCUT2D eigenvalue weighted by Crippen LogP contribution is -2.30. The Balaban J connectivity index is 2.60. The van der Waals surface area contributed by atoms with E-state index in [2.05, 4.69) is 0 Å². The first-order chi connectivity index (χ1) is 8.40. The minimum Gasteiger partial charge on any atom is -0.489 e. The van der Waals surface area contributed by atoms with Gasteiger partial charge in [-0.05, 0) is 20.2 Å². The molecular formula is C11H15ClN2O4. The molecule has 0 aliphatic heterocycles. The van der Waals surface area contributed by atoms with Crippen molar-refractivity contribution in [1.82, 2.24) is 4.90 Å². The topological polar surface area (TPSA) is 75.8 Å². The monoisotopic (exact) mass is 274 g/mol. The van der Waals surface area contributed by atoms with Gasteiger partial charge in [-0.15, -0.1) is 0 Å². The molecule has 0 aliphatic carbocycles. The fourth-order valence-electron chi connectivity index (χ4n) is 1.38. The molecule has 100 valence electrons. The number of nitrogens with zero attached hydrogens (tertiary/aromatic N) is 2. The molecule has 0 fully saturated rings. The van der Waals surface area contributed by atoms with E-state index in [1.165, 1.54) is 18.2 Å². The average molecular weight is 275 g/mol. The van der Waals surface area contributed by atoms with Crippen molar-refractivity contribution in [2.24, 2.45) is 0 Å². The Kier molecular flexibility index (Phi) is 5.33. The molecule has 1 atom stereocenters. The summed E-state index contributed by atoms with van der Waals surface area (Å²) in [6.45, 7) is 0.542. The SMILES string of the molecule is CN(C)CC(O)COc1ccc([N+](=O)[O-])cc1Cl. The smallest absolute Gasteiger partial charge is 0.271 e. The van der Waals surface area contributed by atoms with Crippen LogP contribution in [0.3, 0.4) is 0 Å². The average Bonchev–Trinajstić information content (AvgIpc) is 2.26. The Bertz CT molecular complexity index is 426. The summed E-state index contributed by atoms with van der Waals surface area (Å²) in [4.78, 5) is 11.8. The first kappa shape index (κ1) is 14.7. The van der Waals surface area contributed by atoms with Crippen LogP contribution in [0, 0.1) is 10.1 Å². The number of benzene rings is 1. The Morgan fingerprint density at radius 3 is 2.72 bits per heavy atom. The molecule has 7 heteroatoms. The van der Waals surface area contributed by atoms with Gasteiger partial charge in [-0.3, -0.25) is 10.1 Å². The van der Waals surface area contributed by atoms with Crippen molar-refractivity contribution in [2.45, 2.75) is 6.10 Å². The maximum atomic E-state index is 10.5. The molecule has 6 nitrogen and oxygen atoms in total. The summed E-state index contributed by atoms with van der Waals surface area (Å²) in [7, 11) is 3.67. The normalized spacial score (nSPS) is 12.5. The summed E-state index contributed by atoms with van der Waals surface area (Å²) in [5.74, 6) is 0.320. The number of aliphatic hydroxyl groups is 1. The highest BCUT2D eigenvalue weighted by Gasteiger charge is 2.12. The molecule has 0 saturated carbocycles. The lowest BCUT2D eigenvalue weighted by molar-refractivity contribution is -0.384. The molecular weight excluding hydrogens is 260 g/mol.